The van der Waals surface area contributed by atoms with E-state index in [2.05, 4.69) is 29.6 Å². The summed E-state index contributed by atoms with van der Waals surface area (Å²) in [6, 6.07) is 22.2. The first kappa shape index (κ1) is 20.6. The number of anilines is 1. The predicted molar refractivity (Wildman–Crippen MR) is 116 cm³/mol. The molecule has 0 saturated carbocycles. The highest BCUT2D eigenvalue weighted by molar-refractivity contribution is 6.31. The zero-order valence-corrected chi connectivity index (χ0v) is 16.7. The number of carboxylic acids is 1. The van der Waals surface area contributed by atoms with Crippen molar-refractivity contribution >= 4 is 29.2 Å². The number of amides is 1. The van der Waals surface area contributed by atoms with Gasteiger partial charge in [-0.05, 0) is 67.1 Å². The van der Waals surface area contributed by atoms with Gasteiger partial charge in [-0.25, -0.2) is 4.79 Å². The van der Waals surface area contributed by atoms with Gasteiger partial charge < -0.3 is 10.4 Å². The number of carbonyl (C=O) groups excluding carboxylic acids is 1. The Morgan fingerprint density at radius 1 is 0.828 bits per heavy atom. The number of aryl methyl sites for hydroxylation is 2. The van der Waals surface area contributed by atoms with Crippen molar-refractivity contribution in [2.24, 2.45) is 0 Å². The van der Waals surface area contributed by atoms with Crippen LogP contribution in [0.1, 0.15) is 44.7 Å². The van der Waals surface area contributed by atoms with E-state index in [0.717, 1.165) is 25.7 Å². The van der Waals surface area contributed by atoms with Crippen molar-refractivity contribution in [1.29, 1.82) is 0 Å². The van der Waals surface area contributed by atoms with Gasteiger partial charge in [0.25, 0.3) is 5.91 Å². The number of nitrogens with one attached hydrogen (secondary N) is 1. The first-order chi connectivity index (χ1) is 14.0. The number of halogens is 1. The number of hydrogen-bond acceptors (Lipinski definition) is 2. The average molecular weight is 408 g/mol. The van der Waals surface area contributed by atoms with E-state index in [-0.39, 0.29) is 17.2 Å². The highest BCUT2D eigenvalue weighted by Gasteiger charge is 2.14. The fraction of sp³-hybridized carbons (Fsp3) is 0.167. The van der Waals surface area contributed by atoms with Crippen molar-refractivity contribution in [2.75, 3.05) is 5.32 Å². The van der Waals surface area contributed by atoms with E-state index in [1.54, 1.807) is 18.2 Å². The van der Waals surface area contributed by atoms with E-state index in [1.807, 2.05) is 18.2 Å². The lowest BCUT2D eigenvalue weighted by Gasteiger charge is -2.09. The van der Waals surface area contributed by atoms with Crippen molar-refractivity contribution in [1.82, 2.24) is 0 Å². The molecule has 0 aliphatic rings. The van der Waals surface area contributed by atoms with Crippen molar-refractivity contribution in [3.05, 3.63) is 100 Å². The first-order valence-corrected chi connectivity index (χ1v) is 9.88. The summed E-state index contributed by atoms with van der Waals surface area (Å²) in [4.78, 5) is 23.8. The van der Waals surface area contributed by atoms with Gasteiger partial charge in [-0.3, -0.25) is 4.79 Å². The van der Waals surface area contributed by atoms with Gasteiger partial charge in [0.2, 0.25) is 0 Å². The molecular formula is C24H22ClNO3. The number of unbranched alkanes of at least 4 members (excludes halogenated alkanes) is 1. The van der Waals surface area contributed by atoms with Gasteiger partial charge in [0.1, 0.15) is 0 Å². The minimum Gasteiger partial charge on any atom is -0.478 e. The highest BCUT2D eigenvalue weighted by Crippen LogP contribution is 2.21. The molecule has 0 aliphatic heterocycles. The molecule has 0 bridgehead atoms. The maximum absolute atomic E-state index is 12.5. The number of rotatable bonds is 8. The van der Waals surface area contributed by atoms with Crippen molar-refractivity contribution in [2.45, 2.75) is 25.7 Å². The largest absolute Gasteiger partial charge is 0.478 e. The zero-order chi connectivity index (χ0) is 20.6. The van der Waals surface area contributed by atoms with Crippen LogP contribution in [-0.4, -0.2) is 17.0 Å². The van der Waals surface area contributed by atoms with Gasteiger partial charge in [-0.2, -0.15) is 0 Å². The molecular weight excluding hydrogens is 386 g/mol. The maximum atomic E-state index is 12.5. The van der Waals surface area contributed by atoms with E-state index in [0.29, 0.717) is 10.6 Å². The number of benzene rings is 3. The van der Waals surface area contributed by atoms with E-state index < -0.39 is 5.97 Å². The Kier molecular flexibility index (Phi) is 7.04. The van der Waals surface area contributed by atoms with Crippen LogP contribution >= 0.6 is 11.6 Å². The molecule has 4 nitrogen and oxygen atoms in total. The third-order valence-corrected chi connectivity index (χ3v) is 4.94. The Labute approximate surface area is 175 Å². The third kappa shape index (κ3) is 5.93. The second-order valence-electron chi connectivity index (χ2n) is 6.84. The Bertz CT molecular complexity index is 985. The van der Waals surface area contributed by atoms with Crippen LogP contribution in [0.3, 0.4) is 0 Å². The van der Waals surface area contributed by atoms with Crippen LogP contribution in [0.5, 0.6) is 0 Å². The molecule has 5 heteroatoms. The highest BCUT2D eigenvalue weighted by atomic mass is 35.5. The standard InChI is InChI=1S/C24H22ClNO3/c25-20-14-15-22(21(16-20)24(28)29)26-23(27)19-12-10-18(11-13-19)9-5-4-8-17-6-2-1-3-7-17/h1-3,6-7,10-16H,4-5,8-9H2,(H,26,27)(H,28,29). The monoisotopic (exact) mass is 407 g/mol. The van der Waals surface area contributed by atoms with Crippen LogP contribution in [0.15, 0.2) is 72.8 Å². The quantitative estimate of drug-likeness (QED) is 0.460. The van der Waals surface area contributed by atoms with Crippen LogP contribution in [-0.2, 0) is 12.8 Å². The molecule has 0 aliphatic carbocycles. The molecule has 0 aromatic heterocycles. The molecule has 0 heterocycles. The van der Waals surface area contributed by atoms with E-state index in [9.17, 15) is 14.7 Å². The summed E-state index contributed by atoms with van der Waals surface area (Å²) in [5.74, 6) is -1.50. The Hall–Kier alpha value is -3.11. The molecule has 3 aromatic rings. The van der Waals surface area contributed by atoms with Gasteiger partial charge in [0, 0.05) is 10.6 Å². The van der Waals surface area contributed by atoms with E-state index in [4.69, 9.17) is 11.6 Å². The lowest BCUT2D eigenvalue weighted by molar-refractivity contribution is 0.0698. The lowest BCUT2D eigenvalue weighted by atomic mass is 10.0. The van der Waals surface area contributed by atoms with E-state index >= 15 is 0 Å². The molecule has 148 valence electrons. The van der Waals surface area contributed by atoms with Crippen molar-refractivity contribution < 1.29 is 14.7 Å². The van der Waals surface area contributed by atoms with Gasteiger partial charge in [0.15, 0.2) is 0 Å². The minimum atomic E-state index is -1.14. The molecule has 0 radical (unpaired) electrons. The second-order valence-corrected chi connectivity index (χ2v) is 7.28. The molecule has 3 aromatic carbocycles. The summed E-state index contributed by atoms with van der Waals surface area (Å²) in [5, 5.41) is 12.2. The molecule has 0 spiro atoms. The normalized spacial score (nSPS) is 10.5. The summed E-state index contributed by atoms with van der Waals surface area (Å²) in [6.45, 7) is 0. The van der Waals surface area contributed by atoms with Crippen LogP contribution in [0, 0.1) is 0 Å². The Morgan fingerprint density at radius 3 is 2.07 bits per heavy atom. The molecule has 29 heavy (non-hydrogen) atoms. The smallest absolute Gasteiger partial charge is 0.337 e. The SMILES string of the molecule is O=C(Nc1ccc(Cl)cc1C(=O)O)c1ccc(CCCCc2ccccc2)cc1. The van der Waals surface area contributed by atoms with Crippen LogP contribution in [0.2, 0.25) is 5.02 Å². The minimum absolute atomic E-state index is 0.0408. The number of hydrogen-bond donors (Lipinski definition) is 2. The average Bonchev–Trinajstić information content (AvgIpc) is 2.73. The first-order valence-electron chi connectivity index (χ1n) is 9.50. The fourth-order valence-corrected chi connectivity index (χ4v) is 3.29. The van der Waals surface area contributed by atoms with Gasteiger partial charge in [0.05, 0.1) is 11.3 Å². The van der Waals surface area contributed by atoms with Crippen LogP contribution < -0.4 is 5.32 Å². The number of carboxylic acid groups (broad SMARTS) is 1. The van der Waals surface area contributed by atoms with Gasteiger partial charge >= 0.3 is 5.97 Å². The van der Waals surface area contributed by atoms with E-state index in [1.165, 1.54) is 23.3 Å². The fourth-order valence-electron chi connectivity index (χ4n) is 3.12. The third-order valence-electron chi connectivity index (χ3n) is 4.70. The van der Waals surface area contributed by atoms with Gasteiger partial charge in [-0.15, -0.1) is 0 Å². The number of carbonyl (C=O) groups is 2. The summed E-state index contributed by atoms with van der Waals surface area (Å²) in [7, 11) is 0. The summed E-state index contributed by atoms with van der Waals surface area (Å²) < 4.78 is 0. The summed E-state index contributed by atoms with van der Waals surface area (Å²) >= 11 is 5.84. The Morgan fingerprint density at radius 2 is 1.45 bits per heavy atom. The molecule has 2 N–H and O–H groups in total. The molecule has 1 amide bonds. The second kappa shape index (κ2) is 9.89. The maximum Gasteiger partial charge on any atom is 0.337 e. The lowest BCUT2D eigenvalue weighted by Crippen LogP contribution is -2.14. The van der Waals surface area contributed by atoms with Crippen LogP contribution in [0.4, 0.5) is 5.69 Å². The van der Waals surface area contributed by atoms with Gasteiger partial charge in [-0.1, -0.05) is 54.1 Å². The molecule has 0 fully saturated rings. The van der Waals surface area contributed by atoms with Crippen molar-refractivity contribution in [3.63, 3.8) is 0 Å². The number of aromatic carboxylic acids is 1. The molecule has 0 saturated heterocycles. The molecule has 0 atom stereocenters. The summed E-state index contributed by atoms with van der Waals surface area (Å²) in [5.41, 5.74) is 3.18. The topological polar surface area (TPSA) is 66.4 Å². The summed E-state index contributed by atoms with van der Waals surface area (Å²) in [6.07, 6.45) is 4.21. The van der Waals surface area contributed by atoms with Crippen molar-refractivity contribution in [3.8, 4) is 0 Å². The molecule has 0 unspecified atom stereocenters. The zero-order valence-electron chi connectivity index (χ0n) is 15.9. The molecule has 3 rings (SSSR count). The predicted octanol–water partition coefficient (Wildman–Crippen LogP) is 5.86. The Balaban J connectivity index is 1.54. The van der Waals surface area contributed by atoms with Crippen LogP contribution in [0.25, 0.3) is 0 Å².